The van der Waals surface area contributed by atoms with E-state index in [9.17, 15) is 24.8 Å². The van der Waals surface area contributed by atoms with Crippen molar-refractivity contribution in [2.75, 3.05) is 4.90 Å². The molecule has 1 atom stereocenters. The molecule has 1 N–H and O–H groups in total. The Hall–Kier alpha value is -4.33. The number of pyridine rings is 1. The Balaban J connectivity index is 1.97. The molecule has 1 aliphatic rings. The first kappa shape index (κ1) is 19.0. The van der Waals surface area contributed by atoms with E-state index in [-0.39, 0.29) is 17.0 Å². The molecule has 0 saturated carbocycles. The first-order chi connectivity index (χ1) is 14.5. The monoisotopic (exact) mass is 401 g/mol. The van der Waals surface area contributed by atoms with Gasteiger partial charge in [0, 0.05) is 23.9 Å². The molecule has 2 aromatic carbocycles. The van der Waals surface area contributed by atoms with Gasteiger partial charge in [-0.1, -0.05) is 42.5 Å². The lowest BCUT2D eigenvalue weighted by atomic mass is 9.95. The van der Waals surface area contributed by atoms with Gasteiger partial charge in [-0.05, 0) is 17.7 Å². The third-order valence-electron chi connectivity index (χ3n) is 4.81. The number of amides is 1. The first-order valence-electron chi connectivity index (χ1n) is 9.00. The van der Waals surface area contributed by atoms with Crippen molar-refractivity contribution in [3.63, 3.8) is 0 Å². The highest BCUT2D eigenvalue weighted by Crippen LogP contribution is 2.42. The summed E-state index contributed by atoms with van der Waals surface area (Å²) < 4.78 is 0. The topological polar surface area (TPSA) is 114 Å². The van der Waals surface area contributed by atoms with E-state index in [0.717, 1.165) is 0 Å². The van der Waals surface area contributed by atoms with Gasteiger partial charge in [0.05, 0.1) is 28.4 Å². The number of nitro groups is 1. The number of hydrogen-bond donors (Lipinski definition) is 1. The Morgan fingerprint density at radius 3 is 2.47 bits per heavy atom. The molecule has 4 rings (SSSR count). The number of aliphatic hydroxyl groups excluding tert-OH is 1. The molecule has 0 radical (unpaired) electrons. The van der Waals surface area contributed by atoms with Crippen LogP contribution in [0.3, 0.4) is 0 Å². The number of Topliss-reactive ketones (excluding diaryl/α,β-unsaturated/α-hetero) is 1. The summed E-state index contributed by atoms with van der Waals surface area (Å²) in [5, 5.41) is 22.2. The number of nitro benzene ring substituents is 1. The van der Waals surface area contributed by atoms with E-state index in [1.807, 2.05) is 0 Å². The second kappa shape index (κ2) is 7.59. The lowest BCUT2D eigenvalue weighted by Gasteiger charge is -2.25. The summed E-state index contributed by atoms with van der Waals surface area (Å²) in [6.45, 7) is 0. The van der Waals surface area contributed by atoms with Crippen molar-refractivity contribution >= 4 is 28.8 Å². The molecule has 1 aliphatic heterocycles. The lowest BCUT2D eigenvalue weighted by molar-refractivity contribution is -0.384. The van der Waals surface area contributed by atoms with E-state index < -0.39 is 22.7 Å². The van der Waals surface area contributed by atoms with Gasteiger partial charge in [0.15, 0.2) is 0 Å². The number of benzene rings is 2. The number of nitrogens with zero attached hydrogens (tertiary/aromatic N) is 3. The van der Waals surface area contributed by atoms with Crippen LogP contribution in [0.2, 0.25) is 0 Å². The van der Waals surface area contributed by atoms with Crippen LogP contribution in [0.25, 0.3) is 5.76 Å². The van der Waals surface area contributed by atoms with Gasteiger partial charge in [0.2, 0.25) is 0 Å². The highest BCUT2D eigenvalue weighted by atomic mass is 16.6. The molecule has 0 aliphatic carbocycles. The minimum atomic E-state index is -1.05. The third kappa shape index (κ3) is 3.20. The van der Waals surface area contributed by atoms with Crippen LogP contribution in [0, 0.1) is 10.1 Å². The van der Waals surface area contributed by atoms with Crippen LogP contribution in [-0.4, -0.2) is 26.7 Å². The second-order valence-corrected chi connectivity index (χ2v) is 6.60. The fourth-order valence-electron chi connectivity index (χ4n) is 3.47. The first-order valence-corrected chi connectivity index (χ1v) is 9.00. The molecule has 8 nitrogen and oxygen atoms in total. The number of rotatable bonds is 4. The Labute approximate surface area is 170 Å². The molecule has 2 heterocycles. The summed E-state index contributed by atoms with van der Waals surface area (Å²) >= 11 is 0. The Morgan fingerprint density at radius 1 is 1.03 bits per heavy atom. The molecule has 3 aromatic rings. The van der Waals surface area contributed by atoms with E-state index in [4.69, 9.17) is 0 Å². The van der Waals surface area contributed by atoms with Crippen molar-refractivity contribution in [2.24, 2.45) is 0 Å². The van der Waals surface area contributed by atoms with Crippen molar-refractivity contribution in [3.8, 4) is 0 Å². The molecular weight excluding hydrogens is 386 g/mol. The average molecular weight is 401 g/mol. The van der Waals surface area contributed by atoms with Crippen LogP contribution in [0.5, 0.6) is 0 Å². The van der Waals surface area contributed by atoms with Gasteiger partial charge in [-0.25, -0.2) is 0 Å². The summed E-state index contributed by atoms with van der Waals surface area (Å²) in [4.78, 5) is 41.8. The number of aliphatic hydroxyl groups is 1. The zero-order valence-electron chi connectivity index (χ0n) is 15.5. The summed E-state index contributed by atoms with van der Waals surface area (Å²) in [5.41, 5.74) is 0.685. The summed E-state index contributed by atoms with van der Waals surface area (Å²) in [7, 11) is 0. The van der Waals surface area contributed by atoms with E-state index in [0.29, 0.717) is 16.8 Å². The van der Waals surface area contributed by atoms with Crippen LogP contribution in [0.15, 0.2) is 84.7 Å². The van der Waals surface area contributed by atoms with Crippen LogP contribution in [-0.2, 0) is 9.59 Å². The molecule has 1 aromatic heterocycles. The van der Waals surface area contributed by atoms with E-state index in [2.05, 4.69) is 4.98 Å². The Bertz CT molecular complexity index is 1180. The van der Waals surface area contributed by atoms with Crippen molar-refractivity contribution in [1.29, 1.82) is 0 Å². The van der Waals surface area contributed by atoms with Crippen molar-refractivity contribution in [2.45, 2.75) is 6.04 Å². The molecule has 1 unspecified atom stereocenters. The molecule has 0 bridgehead atoms. The van der Waals surface area contributed by atoms with Gasteiger partial charge in [0.1, 0.15) is 5.76 Å². The number of carbonyl (C=O) groups excluding carboxylic acids is 2. The van der Waals surface area contributed by atoms with Crippen LogP contribution in [0.1, 0.15) is 17.2 Å². The lowest BCUT2D eigenvalue weighted by Crippen LogP contribution is -2.29. The van der Waals surface area contributed by atoms with E-state index in [1.165, 1.54) is 35.5 Å². The van der Waals surface area contributed by atoms with Gasteiger partial charge < -0.3 is 5.11 Å². The zero-order chi connectivity index (χ0) is 21.3. The Kier molecular flexibility index (Phi) is 4.81. The molecule has 1 amide bonds. The number of hydrogen-bond acceptors (Lipinski definition) is 6. The molecular formula is C22H15N3O5. The largest absolute Gasteiger partial charge is 0.507 e. The second-order valence-electron chi connectivity index (χ2n) is 6.60. The third-order valence-corrected chi connectivity index (χ3v) is 4.81. The summed E-state index contributed by atoms with van der Waals surface area (Å²) in [6, 6.07) is 16.2. The standard InChI is InChI=1S/C22H15N3O5/c26-20(14-6-2-1-3-7-14)18-19(15-8-4-9-16(12-15)25(29)30)24(22(28)21(18)27)17-10-5-11-23-13-17/h1-13,19,26H. The predicted octanol–water partition coefficient (Wildman–Crippen LogP) is 3.62. The fraction of sp³-hybridized carbons (Fsp3) is 0.0455. The number of carbonyl (C=O) groups is 2. The van der Waals surface area contributed by atoms with Crippen LogP contribution in [0.4, 0.5) is 11.4 Å². The quantitative estimate of drug-likeness (QED) is 0.235. The zero-order valence-corrected chi connectivity index (χ0v) is 15.5. The number of aromatic nitrogens is 1. The SMILES string of the molecule is O=C1C(=O)N(c2cccnc2)C(c2cccc([N+](=O)[O-])c2)C1=C(O)c1ccccc1. The predicted molar refractivity (Wildman–Crippen MR) is 109 cm³/mol. The van der Waals surface area contributed by atoms with E-state index >= 15 is 0 Å². The van der Waals surface area contributed by atoms with Gasteiger partial charge in [-0.2, -0.15) is 0 Å². The highest BCUT2D eigenvalue weighted by Gasteiger charge is 2.47. The molecule has 1 saturated heterocycles. The summed E-state index contributed by atoms with van der Waals surface area (Å²) in [6.07, 6.45) is 2.93. The van der Waals surface area contributed by atoms with Crippen LogP contribution >= 0.6 is 0 Å². The van der Waals surface area contributed by atoms with Crippen molar-refractivity contribution in [3.05, 3.63) is 106 Å². The molecule has 30 heavy (non-hydrogen) atoms. The minimum Gasteiger partial charge on any atom is -0.507 e. The normalized spacial score (nSPS) is 17.9. The minimum absolute atomic E-state index is 0.143. The molecule has 8 heteroatoms. The number of non-ortho nitro benzene ring substituents is 1. The maximum absolute atomic E-state index is 12.9. The van der Waals surface area contributed by atoms with E-state index in [1.54, 1.807) is 48.5 Å². The number of ketones is 1. The van der Waals surface area contributed by atoms with Crippen molar-refractivity contribution < 1.29 is 19.6 Å². The van der Waals surface area contributed by atoms with Gasteiger partial charge in [-0.3, -0.25) is 29.6 Å². The smallest absolute Gasteiger partial charge is 0.300 e. The van der Waals surface area contributed by atoms with Crippen LogP contribution < -0.4 is 4.90 Å². The maximum Gasteiger partial charge on any atom is 0.300 e. The maximum atomic E-state index is 12.9. The average Bonchev–Trinajstić information content (AvgIpc) is 3.05. The van der Waals surface area contributed by atoms with Gasteiger partial charge in [-0.15, -0.1) is 0 Å². The molecule has 148 valence electrons. The molecule has 1 fully saturated rings. The van der Waals surface area contributed by atoms with Gasteiger partial charge in [0.25, 0.3) is 17.4 Å². The van der Waals surface area contributed by atoms with Gasteiger partial charge >= 0.3 is 0 Å². The molecule has 0 spiro atoms. The fourth-order valence-corrected chi connectivity index (χ4v) is 3.47. The summed E-state index contributed by atoms with van der Waals surface area (Å²) in [5.74, 6) is -2.08. The Morgan fingerprint density at radius 2 is 1.80 bits per heavy atom. The highest BCUT2D eigenvalue weighted by molar-refractivity contribution is 6.51. The van der Waals surface area contributed by atoms with Crippen molar-refractivity contribution in [1.82, 2.24) is 4.98 Å². The number of anilines is 1.